The van der Waals surface area contributed by atoms with Crippen LogP contribution in [0.4, 0.5) is 4.79 Å². The van der Waals surface area contributed by atoms with E-state index in [9.17, 15) is 4.79 Å². The molecular weight excluding hydrogens is 408 g/mol. The van der Waals surface area contributed by atoms with E-state index in [-0.39, 0.29) is 6.09 Å². The number of hydrogen-bond donors (Lipinski definition) is 0. The van der Waals surface area contributed by atoms with Crippen molar-refractivity contribution in [1.82, 2.24) is 19.9 Å². The molecule has 4 heterocycles. The summed E-state index contributed by atoms with van der Waals surface area (Å²) in [6.07, 6.45) is 6.96. The van der Waals surface area contributed by atoms with E-state index in [2.05, 4.69) is 21.1 Å². The van der Waals surface area contributed by atoms with E-state index in [1.807, 2.05) is 30.9 Å². The third-order valence-corrected chi connectivity index (χ3v) is 6.54. The van der Waals surface area contributed by atoms with Crippen LogP contribution in [-0.4, -0.2) is 64.9 Å². The Hall–Kier alpha value is -2.61. The summed E-state index contributed by atoms with van der Waals surface area (Å²) in [7, 11) is 0. The van der Waals surface area contributed by atoms with Crippen LogP contribution in [0.3, 0.4) is 0 Å². The van der Waals surface area contributed by atoms with Crippen LogP contribution < -0.4 is 4.74 Å². The Morgan fingerprint density at radius 1 is 1.19 bits per heavy atom. The highest BCUT2D eigenvalue weighted by molar-refractivity contribution is 5.67. The van der Waals surface area contributed by atoms with Crippen LogP contribution in [0.2, 0.25) is 0 Å². The van der Waals surface area contributed by atoms with Crippen molar-refractivity contribution in [3.63, 3.8) is 0 Å². The number of ether oxygens (including phenoxy) is 2. The summed E-state index contributed by atoms with van der Waals surface area (Å²) in [5.41, 5.74) is 2.03. The third-order valence-electron chi connectivity index (χ3n) is 6.54. The number of aryl methyl sites for hydroxylation is 1. The number of piperidine rings is 1. The van der Waals surface area contributed by atoms with Gasteiger partial charge in [-0.25, -0.2) is 9.78 Å². The summed E-state index contributed by atoms with van der Waals surface area (Å²) in [5, 5.41) is 3.91. The fraction of sp³-hybridized carbons (Fsp3) is 0.625. The average Bonchev–Trinajstić information content (AvgIpc) is 3.08. The lowest BCUT2D eigenvalue weighted by atomic mass is 9.89. The standard InChI is InChI=1S/C24H34N4O4/c1-3-30-24(29)28-12-5-6-20(10-15-28)27-13-8-19(9-14-27)22-7-4-11-25-23(22)31-17-21-16-18(2)26-32-21/h4,7,11,16,19-20H,3,5-6,8-10,12-15,17H2,1-2H3. The molecule has 8 heteroatoms. The van der Waals surface area contributed by atoms with Crippen LogP contribution in [0.1, 0.15) is 62.0 Å². The highest BCUT2D eigenvalue weighted by Gasteiger charge is 2.30. The van der Waals surface area contributed by atoms with Crippen molar-refractivity contribution in [2.45, 2.75) is 64.5 Å². The van der Waals surface area contributed by atoms with Gasteiger partial charge in [0.15, 0.2) is 12.4 Å². The first kappa shape index (κ1) is 22.6. The lowest BCUT2D eigenvalue weighted by molar-refractivity contribution is 0.105. The van der Waals surface area contributed by atoms with Gasteiger partial charge >= 0.3 is 6.09 Å². The molecule has 2 fully saturated rings. The number of carbonyl (C=O) groups excluding carboxylic acids is 1. The number of rotatable bonds is 6. The van der Waals surface area contributed by atoms with E-state index in [1.165, 1.54) is 5.56 Å². The predicted octanol–water partition coefficient (Wildman–Crippen LogP) is 4.15. The number of carbonyl (C=O) groups is 1. The Labute approximate surface area is 189 Å². The van der Waals surface area contributed by atoms with E-state index >= 15 is 0 Å². The molecule has 1 amide bonds. The smallest absolute Gasteiger partial charge is 0.409 e. The van der Waals surface area contributed by atoms with Gasteiger partial charge in [-0.15, -0.1) is 0 Å². The van der Waals surface area contributed by atoms with Crippen molar-refractivity contribution in [1.29, 1.82) is 0 Å². The molecule has 2 aliphatic heterocycles. The molecule has 8 nitrogen and oxygen atoms in total. The summed E-state index contributed by atoms with van der Waals surface area (Å²) in [4.78, 5) is 21.0. The van der Waals surface area contributed by atoms with Crippen LogP contribution in [0.5, 0.6) is 5.88 Å². The molecule has 0 bridgehead atoms. The fourth-order valence-corrected chi connectivity index (χ4v) is 4.88. The quantitative estimate of drug-likeness (QED) is 0.665. The monoisotopic (exact) mass is 442 g/mol. The molecule has 32 heavy (non-hydrogen) atoms. The minimum atomic E-state index is -0.170. The van der Waals surface area contributed by atoms with E-state index in [0.717, 1.165) is 64.0 Å². The average molecular weight is 443 g/mol. The Bertz CT molecular complexity index is 878. The zero-order valence-electron chi connectivity index (χ0n) is 19.2. The molecule has 2 aromatic rings. The maximum absolute atomic E-state index is 12.1. The molecule has 2 saturated heterocycles. The van der Waals surface area contributed by atoms with Crippen molar-refractivity contribution < 1.29 is 18.8 Å². The highest BCUT2D eigenvalue weighted by atomic mass is 16.6. The van der Waals surface area contributed by atoms with E-state index < -0.39 is 0 Å². The largest absolute Gasteiger partial charge is 0.469 e. The van der Waals surface area contributed by atoms with Gasteiger partial charge in [-0.05, 0) is 71.0 Å². The van der Waals surface area contributed by atoms with Crippen LogP contribution >= 0.6 is 0 Å². The molecule has 1 unspecified atom stereocenters. The Morgan fingerprint density at radius 3 is 2.78 bits per heavy atom. The van der Waals surface area contributed by atoms with Crippen LogP contribution in [0.25, 0.3) is 0 Å². The Balaban J connectivity index is 1.31. The summed E-state index contributed by atoms with van der Waals surface area (Å²) in [6.45, 7) is 8.23. The van der Waals surface area contributed by atoms with E-state index in [0.29, 0.717) is 36.8 Å². The van der Waals surface area contributed by atoms with Gasteiger partial charge in [-0.1, -0.05) is 11.2 Å². The van der Waals surface area contributed by atoms with Gasteiger partial charge < -0.3 is 23.8 Å². The molecule has 0 radical (unpaired) electrons. The van der Waals surface area contributed by atoms with Gasteiger partial charge in [-0.3, -0.25) is 0 Å². The maximum Gasteiger partial charge on any atom is 0.409 e. The van der Waals surface area contributed by atoms with Crippen molar-refractivity contribution in [2.75, 3.05) is 32.8 Å². The Morgan fingerprint density at radius 2 is 2.03 bits per heavy atom. The minimum absolute atomic E-state index is 0.170. The van der Waals surface area contributed by atoms with Crippen molar-refractivity contribution >= 4 is 6.09 Å². The fourth-order valence-electron chi connectivity index (χ4n) is 4.88. The molecule has 0 N–H and O–H groups in total. The number of aromatic nitrogens is 2. The summed E-state index contributed by atoms with van der Waals surface area (Å²) in [5.74, 6) is 1.84. The second-order valence-electron chi connectivity index (χ2n) is 8.70. The second-order valence-corrected chi connectivity index (χ2v) is 8.70. The molecule has 4 rings (SSSR count). The normalized spacial score (nSPS) is 20.7. The van der Waals surface area contributed by atoms with Gasteiger partial charge in [0.2, 0.25) is 5.88 Å². The van der Waals surface area contributed by atoms with Crippen LogP contribution in [0, 0.1) is 6.92 Å². The number of likely N-dealkylation sites (tertiary alicyclic amines) is 2. The first-order valence-electron chi connectivity index (χ1n) is 11.8. The third kappa shape index (κ3) is 5.59. The maximum atomic E-state index is 12.1. The van der Waals surface area contributed by atoms with Crippen molar-refractivity contribution in [3.8, 4) is 5.88 Å². The van der Waals surface area contributed by atoms with E-state index in [4.69, 9.17) is 14.0 Å². The molecule has 1 atom stereocenters. The molecule has 2 aromatic heterocycles. The van der Waals surface area contributed by atoms with Crippen LogP contribution in [0.15, 0.2) is 28.9 Å². The number of hydrogen-bond acceptors (Lipinski definition) is 7. The highest BCUT2D eigenvalue weighted by Crippen LogP contribution is 2.34. The van der Waals surface area contributed by atoms with Gasteiger partial charge in [0.05, 0.1) is 12.3 Å². The zero-order chi connectivity index (χ0) is 22.3. The molecule has 0 aromatic carbocycles. The number of amides is 1. The van der Waals surface area contributed by atoms with Gasteiger partial charge in [0.1, 0.15) is 0 Å². The molecule has 2 aliphatic rings. The minimum Gasteiger partial charge on any atom is -0.469 e. The molecular formula is C24H34N4O4. The van der Waals surface area contributed by atoms with Gasteiger partial charge in [0, 0.05) is 37.0 Å². The summed E-state index contributed by atoms with van der Waals surface area (Å²) < 4.78 is 16.4. The number of pyridine rings is 1. The number of nitrogens with zero attached hydrogens (tertiary/aromatic N) is 4. The molecule has 0 spiro atoms. The summed E-state index contributed by atoms with van der Waals surface area (Å²) in [6, 6.07) is 6.55. The topological polar surface area (TPSA) is 80.9 Å². The first-order chi connectivity index (χ1) is 15.6. The van der Waals surface area contributed by atoms with Crippen molar-refractivity contribution in [3.05, 3.63) is 41.4 Å². The first-order valence-corrected chi connectivity index (χ1v) is 11.8. The molecule has 174 valence electrons. The van der Waals surface area contributed by atoms with Crippen LogP contribution in [-0.2, 0) is 11.3 Å². The second kappa shape index (κ2) is 10.8. The SMILES string of the molecule is CCOC(=O)N1CCCC(N2CCC(c3cccnc3OCc3cc(C)no3)CC2)CC1. The molecule has 0 saturated carbocycles. The summed E-state index contributed by atoms with van der Waals surface area (Å²) >= 11 is 0. The lowest BCUT2D eigenvalue weighted by Gasteiger charge is -2.37. The van der Waals surface area contributed by atoms with Gasteiger partial charge in [0.25, 0.3) is 0 Å². The predicted molar refractivity (Wildman–Crippen MR) is 120 cm³/mol. The van der Waals surface area contributed by atoms with E-state index in [1.54, 1.807) is 6.20 Å². The molecule has 0 aliphatic carbocycles. The lowest BCUT2D eigenvalue weighted by Crippen LogP contribution is -2.41. The van der Waals surface area contributed by atoms with Gasteiger partial charge in [-0.2, -0.15) is 0 Å². The van der Waals surface area contributed by atoms with Crippen molar-refractivity contribution in [2.24, 2.45) is 0 Å². The zero-order valence-corrected chi connectivity index (χ0v) is 19.2. The Kier molecular flexibility index (Phi) is 7.63.